The van der Waals surface area contributed by atoms with Crippen LogP contribution in [0.2, 0.25) is 0 Å². The Morgan fingerprint density at radius 1 is 0.957 bits per heavy atom. The van der Waals surface area contributed by atoms with Crippen molar-refractivity contribution in [1.29, 1.82) is 0 Å². The highest BCUT2D eigenvalue weighted by molar-refractivity contribution is 6.04. The first-order valence-electron chi connectivity index (χ1n) is 5.98. The van der Waals surface area contributed by atoms with Crippen LogP contribution in [-0.2, 0) is 9.47 Å². The highest BCUT2D eigenvalue weighted by Gasteiger charge is 2.39. The van der Waals surface area contributed by atoms with Crippen LogP contribution in [0.15, 0.2) is 12.8 Å². The molecule has 0 saturated heterocycles. The summed E-state index contributed by atoms with van der Waals surface area (Å²) in [6.07, 6.45) is 1.12. The fourth-order valence-electron chi connectivity index (χ4n) is 1.83. The Labute approximate surface area is 148 Å². The molecule has 0 bridgehead atoms. The van der Waals surface area contributed by atoms with E-state index >= 15 is 0 Å². The molecule has 0 unspecified atom stereocenters. The van der Waals surface area contributed by atoms with Crippen LogP contribution in [0.25, 0.3) is 0 Å². The van der Waals surface area contributed by atoms with Gasteiger partial charge in [0.1, 0.15) is 11.1 Å². The van der Waals surface area contributed by atoms with E-state index in [1.54, 1.807) is 0 Å². The molecule has 0 aliphatic carbocycles. The third-order valence-electron chi connectivity index (χ3n) is 3.11. The minimum Gasteiger partial charge on any atom is -1.00 e. The maximum Gasteiger partial charge on any atom is 0.342 e. The smallest absolute Gasteiger partial charge is 0.342 e. The molecule has 5 nitrogen and oxygen atoms in total. The van der Waals surface area contributed by atoms with E-state index in [0.29, 0.717) is 0 Å². The molecule has 0 fully saturated rings. The molecule has 1 aromatic carbocycles. The van der Waals surface area contributed by atoms with E-state index < -0.39 is 50.7 Å². The van der Waals surface area contributed by atoms with Crippen LogP contribution in [0.1, 0.15) is 20.7 Å². The van der Waals surface area contributed by atoms with Crippen molar-refractivity contribution in [3.8, 4) is 0 Å². The van der Waals surface area contributed by atoms with Crippen molar-refractivity contribution in [2.45, 2.75) is 0 Å². The predicted molar refractivity (Wildman–Crippen MR) is 72.8 cm³/mol. The van der Waals surface area contributed by atoms with Gasteiger partial charge in [-0.05, 0) is 6.58 Å². The number of benzene rings is 1. The highest BCUT2D eigenvalue weighted by Crippen LogP contribution is 2.35. The number of ether oxygens (including phenoxy) is 2. The minimum atomic E-state index is -1.70. The van der Waals surface area contributed by atoms with Crippen LogP contribution in [0.5, 0.6) is 0 Å². The van der Waals surface area contributed by atoms with Gasteiger partial charge >= 0.3 is 11.9 Å². The van der Waals surface area contributed by atoms with Crippen LogP contribution in [0, 0.1) is 17.5 Å². The molecule has 0 radical (unpaired) electrons. The van der Waals surface area contributed by atoms with Gasteiger partial charge in [0.05, 0.1) is 34.5 Å². The average Bonchev–Trinajstić information content (AvgIpc) is 2.48. The van der Waals surface area contributed by atoms with Crippen molar-refractivity contribution in [2.24, 2.45) is 0 Å². The first kappa shape index (κ1) is 21.4. The molecule has 128 valence electrons. The normalized spacial score (nSPS) is 10.6. The number of rotatable bonds is 4. The molecule has 1 rings (SSSR count). The Balaban J connectivity index is 0.00000484. The molecule has 9 heteroatoms. The largest absolute Gasteiger partial charge is 1.00 e. The number of carbonyl (C=O) groups is 2. The molecule has 0 amide bonds. The summed E-state index contributed by atoms with van der Waals surface area (Å²) in [5.74, 6) is -7.46. The zero-order chi connectivity index (χ0) is 17.2. The molecule has 23 heavy (non-hydrogen) atoms. The van der Waals surface area contributed by atoms with Gasteiger partial charge in [-0.2, -0.15) is 8.78 Å². The highest BCUT2D eigenvalue weighted by atomic mass is 127. The van der Waals surface area contributed by atoms with E-state index in [1.807, 2.05) is 0 Å². The van der Waals surface area contributed by atoms with Gasteiger partial charge < -0.3 is 33.5 Å². The number of nitrogens with zero attached hydrogens (tertiary/aromatic N) is 1. The van der Waals surface area contributed by atoms with Crippen LogP contribution in [0.4, 0.5) is 18.9 Å². The molecule has 0 atom stereocenters. The summed E-state index contributed by atoms with van der Waals surface area (Å²) in [6.45, 7) is 3.40. The lowest BCUT2D eigenvalue weighted by atomic mass is 10.0. The molecule has 0 aliphatic heterocycles. The lowest BCUT2D eigenvalue weighted by Crippen LogP contribution is -3.00. The SMILES string of the molecule is C=C[N+](C)(C)c1c(F)c(F)c(C(=O)OC)c(C(=O)OC)c1F.[I-]. The van der Waals surface area contributed by atoms with Gasteiger partial charge in [0.2, 0.25) is 17.3 Å². The standard InChI is InChI=1S/C14H15F3NO4.HI/c1-6-18(2,3)12-10(16)8(14(20)22-5)7(13(19)21-4)9(15)11(12)17;/h6H,1H2,2-5H3;1H/q+1;/p-1. The summed E-state index contributed by atoms with van der Waals surface area (Å²) in [6, 6.07) is 0. The van der Waals surface area contributed by atoms with Crippen LogP contribution >= 0.6 is 0 Å². The first-order chi connectivity index (χ1) is 10.1. The van der Waals surface area contributed by atoms with Gasteiger partial charge in [-0.25, -0.2) is 14.0 Å². The molecule has 0 aliphatic rings. The van der Waals surface area contributed by atoms with Crippen molar-refractivity contribution < 1.29 is 56.2 Å². The summed E-state index contributed by atoms with van der Waals surface area (Å²) in [7, 11) is 4.42. The van der Waals surface area contributed by atoms with E-state index in [0.717, 1.165) is 20.4 Å². The molecular formula is C14H15F3INO4. The summed E-state index contributed by atoms with van der Waals surface area (Å²) in [4.78, 5) is 23.3. The van der Waals surface area contributed by atoms with Crippen molar-refractivity contribution in [2.75, 3.05) is 28.3 Å². The van der Waals surface area contributed by atoms with Crippen LogP contribution in [0.3, 0.4) is 0 Å². The van der Waals surface area contributed by atoms with E-state index in [1.165, 1.54) is 14.1 Å². The van der Waals surface area contributed by atoms with Crippen LogP contribution in [-0.4, -0.2) is 40.3 Å². The fourth-order valence-corrected chi connectivity index (χ4v) is 1.83. The van der Waals surface area contributed by atoms with Gasteiger partial charge in [0, 0.05) is 0 Å². The summed E-state index contributed by atoms with van der Waals surface area (Å²) in [5.41, 5.74) is -2.98. The number of halogens is 4. The third kappa shape index (κ3) is 3.66. The summed E-state index contributed by atoms with van der Waals surface area (Å²) in [5, 5.41) is 0. The summed E-state index contributed by atoms with van der Waals surface area (Å²) < 4.78 is 51.0. The number of hydrogen-bond donors (Lipinski definition) is 0. The maximum atomic E-state index is 14.6. The number of hydrogen-bond acceptors (Lipinski definition) is 4. The van der Waals surface area contributed by atoms with E-state index in [9.17, 15) is 22.8 Å². The number of methoxy groups -OCH3 is 2. The third-order valence-corrected chi connectivity index (χ3v) is 3.11. The Bertz CT molecular complexity index is 662. The Kier molecular flexibility index (Phi) is 7.23. The minimum absolute atomic E-state index is 0. The van der Waals surface area contributed by atoms with Crippen LogP contribution < -0.4 is 28.5 Å². The van der Waals surface area contributed by atoms with Crippen molar-refractivity contribution >= 4 is 17.6 Å². The number of esters is 2. The first-order valence-corrected chi connectivity index (χ1v) is 5.98. The second-order valence-electron chi connectivity index (χ2n) is 4.75. The Morgan fingerprint density at radius 3 is 1.70 bits per heavy atom. The van der Waals surface area contributed by atoms with Gasteiger partial charge in [-0.3, -0.25) is 4.48 Å². The second-order valence-corrected chi connectivity index (χ2v) is 4.75. The van der Waals surface area contributed by atoms with Gasteiger partial charge in [0.25, 0.3) is 0 Å². The molecule has 0 spiro atoms. The zero-order valence-corrected chi connectivity index (χ0v) is 15.0. The molecule has 0 aromatic heterocycles. The van der Waals surface area contributed by atoms with E-state index in [4.69, 9.17) is 0 Å². The summed E-state index contributed by atoms with van der Waals surface area (Å²) >= 11 is 0. The Morgan fingerprint density at radius 2 is 1.35 bits per heavy atom. The van der Waals surface area contributed by atoms with E-state index in [-0.39, 0.29) is 24.0 Å². The fraction of sp³-hybridized carbons (Fsp3) is 0.286. The lowest BCUT2D eigenvalue weighted by molar-refractivity contribution is -0.0000344. The number of carbonyl (C=O) groups excluding carboxylic acids is 2. The van der Waals surface area contributed by atoms with Gasteiger partial charge in [0.15, 0.2) is 5.82 Å². The number of quaternary nitrogens is 1. The quantitative estimate of drug-likeness (QED) is 0.269. The van der Waals surface area contributed by atoms with E-state index in [2.05, 4.69) is 16.1 Å². The van der Waals surface area contributed by atoms with Crippen molar-refractivity contribution in [3.05, 3.63) is 41.4 Å². The van der Waals surface area contributed by atoms with Crippen molar-refractivity contribution in [1.82, 2.24) is 4.48 Å². The predicted octanol–water partition coefficient (Wildman–Crippen LogP) is -0.608. The molecule has 1 aromatic rings. The molecule has 0 N–H and O–H groups in total. The maximum absolute atomic E-state index is 14.6. The van der Waals surface area contributed by atoms with Gasteiger partial charge in [-0.1, -0.05) is 0 Å². The molecule has 0 saturated carbocycles. The Hall–Kier alpha value is -1.62. The molecule has 0 heterocycles. The average molecular weight is 445 g/mol. The zero-order valence-electron chi connectivity index (χ0n) is 12.9. The van der Waals surface area contributed by atoms with Crippen molar-refractivity contribution in [3.63, 3.8) is 0 Å². The topological polar surface area (TPSA) is 52.6 Å². The monoisotopic (exact) mass is 445 g/mol. The van der Waals surface area contributed by atoms with Gasteiger partial charge in [-0.15, -0.1) is 0 Å². The lowest BCUT2D eigenvalue weighted by Gasteiger charge is -2.26. The second kappa shape index (κ2) is 7.77. The molecular weight excluding hydrogens is 430 g/mol.